The van der Waals surface area contributed by atoms with Crippen LogP contribution >= 0.6 is 11.6 Å². The number of anilines is 1. The first-order chi connectivity index (χ1) is 9.56. The van der Waals surface area contributed by atoms with E-state index < -0.39 is 5.97 Å². The van der Waals surface area contributed by atoms with Crippen LogP contribution in [-0.2, 0) is 4.74 Å². The Kier molecular flexibility index (Phi) is 4.00. The summed E-state index contributed by atoms with van der Waals surface area (Å²) in [5.41, 5.74) is 7.70. The van der Waals surface area contributed by atoms with E-state index in [0.29, 0.717) is 16.8 Å². The molecule has 2 aromatic rings. The molecular weight excluding hydrogens is 280 g/mol. The summed E-state index contributed by atoms with van der Waals surface area (Å²) in [6.45, 7) is 0. The lowest BCUT2D eigenvalue weighted by Crippen LogP contribution is -2.08. The number of carbonyl (C=O) groups is 2. The maximum atomic E-state index is 11.6. The molecule has 0 spiro atoms. The molecule has 0 fully saturated rings. The number of esters is 1. The molecule has 0 saturated carbocycles. The monoisotopic (exact) mass is 290 g/mol. The minimum Gasteiger partial charge on any atom is -0.464 e. The number of benzene rings is 1. The van der Waals surface area contributed by atoms with E-state index in [-0.39, 0.29) is 16.4 Å². The van der Waals surface area contributed by atoms with Crippen molar-refractivity contribution in [2.24, 2.45) is 0 Å². The maximum absolute atomic E-state index is 11.6. The van der Waals surface area contributed by atoms with Gasteiger partial charge in [0.15, 0.2) is 5.69 Å². The molecule has 0 atom stereocenters. The van der Waals surface area contributed by atoms with Crippen molar-refractivity contribution >= 4 is 29.5 Å². The van der Waals surface area contributed by atoms with Crippen LogP contribution in [0, 0.1) is 0 Å². The molecule has 2 rings (SSSR count). The van der Waals surface area contributed by atoms with E-state index in [4.69, 9.17) is 17.3 Å². The van der Waals surface area contributed by atoms with Gasteiger partial charge in [-0.2, -0.15) is 0 Å². The molecule has 6 heteroatoms. The summed E-state index contributed by atoms with van der Waals surface area (Å²) in [5.74, 6) is -0.659. The summed E-state index contributed by atoms with van der Waals surface area (Å²) in [6.07, 6.45) is 0.743. The molecule has 0 bridgehead atoms. The second kappa shape index (κ2) is 5.71. The van der Waals surface area contributed by atoms with Gasteiger partial charge in [0.2, 0.25) is 0 Å². The first kappa shape index (κ1) is 14.0. The van der Waals surface area contributed by atoms with Gasteiger partial charge in [0.05, 0.1) is 23.5 Å². The van der Waals surface area contributed by atoms with Crippen molar-refractivity contribution in [2.75, 3.05) is 12.8 Å². The van der Waals surface area contributed by atoms with Gasteiger partial charge in [0, 0.05) is 11.1 Å². The van der Waals surface area contributed by atoms with Crippen molar-refractivity contribution in [3.05, 3.63) is 46.6 Å². The Hall–Kier alpha value is -2.40. The van der Waals surface area contributed by atoms with Crippen LogP contribution in [0.5, 0.6) is 0 Å². The smallest absolute Gasteiger partial charge is 0.358 e. The van der Waals surface area contributed by atoms with E-state index >= 15 is 0 Å². The van der Waals surface area contributed by atoms with Crippen molar-refractivity contribution < 1.29 is 14.3 Å². The van der Waals surface area contributed by atoms with Crippen LogP contribution in [0.3, 0.4) is 0 Å². The number of hydrogen-bond donors (Lipinski definition) is 1. The number of nitrogens with two attached hydrogens (primary N) is 1. The van der Waals surface area contributed by atoms with Crippen LogP contribution in [0.4, 0.5) is 5.69 Å². The van der Waals surface area contributed by atoms with Gasteiger partial charge in [-0.1, -0.05) is 35.9 Å². The number of pyridine rings is 1. The van der Waals surface area contributed by atoms with Crippen LogP contribution in [0.1, 0.15) is 20.8 Å². The Morgan fingerprint density at radius 1 is 1.35 bits per heavy atom. The summed E-state index contributed by atoms with van der Waals surface area (Å²) < 4.78 is 4.61. The summed E-state index contributed by atoms with van der Waals surface area (Å²) >= 11 is 5.94. The highest BCUT2D eigenvalue weighted by Crippen LogP contribution is 2.28. The number of methoxy groups -OCH3 is 1. The van der Waals surface area contributed by atoms with Crippen LogP contribution in [0.2, 0.25) is 5.02 Å². The molecular formula is C14H11ClN2O3. The fourth-order valence-electron chi connectivity index (χ4n) is 1.66. The third-order valence-electron chi connectivity index (χ3n) is 2.71. The minimum absolute atomic E-state index is 0.0383. The number of rotatable bonds is 3. The summed E-state index contributed by atoms with van der Waals surface area (Å²) in [5, 5.41) is 0.0603. The Balaban J connectivity index is 2.53. The van der Waals surface area contributed by atoms with Gasteiger partial charge in [-0.05, 0) is 6.07 Å². The average molecular weight is 291 g/mol. The lowest BCUT2D eigenvalue weighted by Gasteiger charge is -2.08. The van der Waals surface area contributed by atoms with Crippen molar-refractivity contribution in [3.8, 4) is 11.3 Å². The molecule has 1 aromatic carbocycles. The van der Waals surface area contributed by atoms with Gasteiger partial charge >= 0.3 is 5.97 Å². The maximum Gasteiger partial charge on any atom is 0.358 e. The first-order valence-electron chi connectivity index (χ1n) is 5.66. The molecule has 0 saturated heterocycles. The topological polar surface area (TPSA) is 82.3 Å². The molecule has 0 amide bonds. The van der Waals surface area contributed by atoms with Crippen molar-refractivity contribution in [1.29, 1.82) is 0 Å². The number of halogens is 1. The predicted octanol–water partition coefficient (Wildman–Crippen LogP) is 2.58. The molecule has 102 valence electrons. The minimum atomic E-state index is -0.659. The van der Waals surface area contributed by atoms with Crippen LogP contribution < -0.4 is 5.73 Å². The molecule has 0 unspecified atom stereocenters. The van der Waals surface area contributed by atoms with Crippen LogP contribution in [-0.4, -0.2) is 24.3 Å². The van der Waals surface area contributed by atoms with Crippen LogP contribution in [0.15, 0.2) is 30.3 Å². The Labute approximate surface area is 120 Å². The highest BCUT2D eigenvalue weighted by molar-refractivity contribution is 6.35. The molecule has 1 aromatic heterocycles. The largest absolute Gasteiger partial charge is 0.464 e. The third-order valence-corrected chi connectivity index (χ3v) is 3.10. The van der Waals surface area contributed by atoms with E-state index in [9.17, 15) is 9.59 Å². The van der Waals surface area contributed by atoms with Crippen molar-refractivity contribution in [3.63, 3.8) is 0 Å². The first-order valence-corrected chi connectivity index (χ1v) is 6.04. The zero-order valence-electron chi connectivity index (χ0n) is 10.6. The normalized spacial score (nSPS) is 10.1. The van der Waals surface area contributed by atoms with E-state index in [1.165, 1.54) is 7.11 Å². The highest BCUT2D eigenvalue weighted by atomic mass is 35.5. The number of hydrogen-bond acceptors (Lipinski definition) is 5. The van der Waals surface area contributed by atoms with Gasteiger partial charge in [-0.3, -0.25) is 4.79 Å². The number of ether oxygens (including phenoxy) is 1. The standard InChI is InChI=1S/C14H11ClN2O3/c1-20-14(19)13-12(15)10(16)6-11(17-13)9-4-2-8(7-18)3-5-9/h2-7H,1H3,(H2,16,17). The fourth-order valence-corrected chi connectivity index (χ4v) is 1.84. The van der Waals surface area contributed by atoms with Crippen molar-refractivity contribution in [1.82, 2.24) is 4.98 Å². The summed E-state index contributed by atoms with van der Waals surface area (Å²) in [4.78, 5) is 26.4. The molecule has 5 nitrogen and oxygen atoms in total. The number of nitrogens with zero attached hydrogens (tertiary/aromatic N) is 1. The number of nitrogen functional groups attached to an aromatic ring is 1. The quantitative estimate of drug-likeness (QED) is 0.694. The van der Waals surface area contributed by atoms with E-state index in [1.807, 2.05) is 0 Å². The van der Waals surface area contributed by atoms with Gasteiger partial charge in [-0.15, -0.1) is 0 Å². The third kappa shape index (κ3) is 2.62. The zero-order chi connectivity index (χ0) is 14.7. The number of carbonyl (C=O) groups excluding carboxylic acids is 2. The lowest BCUT2D eigenvalue weighted by molar-refractivity contribution is 0.0594. The molecule has 20 heavy (non-hydrogen) atoms. The van der Waals surface area contributed by atoms with Gasteiger partial charge < -0.3 is 10.5 Å². The molecule has 1 heterocycles. The van der Waals surface area contributed by atoms with Gasteiger partial charge in [-0.25, -0.2) is 9.78 Å². The Morgan fingerprint density at radius 3 is 2.55 bits per heavy atom. The SMILES string of the molecule is COC(=O)c1nc(-c2ccc(C=O)cc2)cc(N)c1Cl. The fraction of sp³-hybridized carbons (Fsp3) is 0.0714. The van der Waals surface area contributed by atoms with E-state index in [2.05, 4.69) is 9.72 Å². The zero-order valence-corrected chi connectivity index (χ0v) is 11.3. The summed E-state index contributed by atoms with van der Waals surface area (Å²) in [7, 11) is 1.24. The van der Waals surface area contributed by atoms with Gasteiger partial charge in [0.1, 0.15) is 6.29 Å². The predicted molar refractivity (Wildman–Crippen MR) is 75.8 cm³/mol. The number of aldehydes is 1. The highest BCUT2D eigenvalue weighted by Gasteiger charge is 2.17. The Morgan fingerprint density at radius 2 is 2.00 bits per heavy atom. The number of aromatic nitrogens is 1. The summed E-state index contributed by atoms with van der Waals surface area (Å²) in [6, 6.07) is 8.27. The van der Waals surface area contributed by atoms with E-state index in [1.54, 1.807) is 30.3 Å². The van der Waals surface area contributed by atoms with Crippen LogP contribution in [0.25, 0.3) is 11.3 Å². The second-order valence-electron chi connectivity index (χ2n) is 3.99. The Bertz CT molecular complexity index is 669. The lowest BCUT2D eigenvalue weighted by atomic mass is 10.1. The molecule has 0 radical (unpaired) electrons. The molecule has 2 N–H and O–H groups in total. The molecule has 0 aliphatic rings. The second-order valence-corrected chi connectivity index (χ2v) is 4.37. The van der Waals surface area contributed by atoms with E-state index in [0.717, 1.165) is 6.29 Å². The molecule has 0 aliphatic heterocycles. The van der Waals surface area contributed by atoms with Crippen molar-refractivity contribution in [2.45, 2.75) is 0 Å². The average Bonchev–Trinajstić information content (AvgIpc) is 2.49. The molecule has 0 aliphatic carbocycles. The van der Waals surface area contributed by atoms with Gasteiger partial charge in [0.25, 0.3) is 0 Å².